The summed E-state index contributed by atoms with van der Waals surface area (Å²) in [5.41, 5.74) is 8.86. The minimum atomic E-state index is 0.160. The highest BCUT2D eigenvalue weighted by Gasteiger charge is 2.11. The first-order valence-electron chi connectivity index (χ1n) is 4.02. The van der Waals surface area contributed by atoms with Gasteiger partial charge in [0.2, 0.25) is 0 Å². The van der Waals surface area contributed by atoms with Crippen LogP contribution in [0.25, 0.3) is 0 Å². The molecule has 1 unspecified atom stereocenters. The van der Waals surface area contributed by atoms with E-state index in [1.54, 1.807) is 11.3 Å². The van der Waals surface area contributed by atoms with Crippen molar-refractivity contribution in [1.29, 1.82) is 0 Å². The summed E-state index contributed by atoms with van der Waals surface area (Å²) < 4.78 is 0.800. The summed E-state index contributed by atoms with van der Waals surface area (Å²) in [6, 6.07) is 4.05. The van der Waals surface area contributed by atoms with E-state index in [0.29, 0.717) is 6.54 Å². The van der Waals surface area contributed by atoms with Gasteiger partial charge in [-0.3, -0.25) is 0 Å². The summed E-state index contributed by atoms with van der Waals surface area (Å²) in [5.74, 6) is 0. The highest BCUT2D eigenvalue weighted by molar-refractivity contribution is 7.16. The monoisotopic (exact) mass is 219 g/mol. The molecule has 0 saturated carbocycles. The lowest BCUT2D eigenvalue weighted by Gasteiger charge is -2.20. The van der Waals surface area contributed by atoms with Gasteiger partial charge in [-0.15, -0.1) is 11.3 Å². The third-order valence-corrected chi connectivity index (χ3v) is 2.93. The minimum Gasteiger partial charge on any atom is -0.329 e. The van der Waals surface area contributed by atoms with E-state index in [0.717, 1.165) is 4.34 Å². The molecule has 0 aliphatic heterocycles. The van der Waals surface area contributed by atoms with E-state index in [-0.39, 0.29) is 6.04 Å². The highest BCUT2D eigenvalue weighted by Crippen LogP contribution is 2.26. The molecule has 13 heavy (non-hydrogen) atoms. The van der Waals surface area contributed by atoms with Gasteiger partial charge < -0.3 is 5.73 Å². The van der Waals surface area contributed by atoms with Crippen LogP contribution in [0, 0.1) is 0 Å². The molecular formula is C8H14ClN3S. The minimum absolute atomic E-state index is 0.160. The number of thiophene rings is 1. The third-order valence-electron chi connectivity index (χ3n) is 1.59. The lowest BCUT2D eigenvalue weighted by molar-refractivity contribution is 0.247. The zero-order chi connectivity index (χ0) is 9.84. The quantitative estimate of drug-likeness (QED) is 0.754. The fraction of sp³-hybridized carbons (Fsp3) is 0.500. The predicted molar refractivity (Wildman–Crippen MR) is 57.9 cm³/mol. The van der Waals surface area contributed by atoms with Gasteiger partial charge in [-0.1, -0.05) is 11.6 Å². The van der Waals surface area contributed by atoms with E-state index in [1.807, 2.05) is 31.2 Å². The number of hydrogen-bond acceptors (Lipinski definition) is 4. The van der Waals surface area contributed by atoms with Crippen LogP contribution in [0.15, 0.2) is 12.1 Å². The molecule has 0 aliphatic rings. The van der Waals surface area contributed by atoms with Crippen molar-refractivity contribution in [1.82, 2.24) is 10.4 Å². The van der Waals surface area contributed by atoms with Crippen molar-refractivity contribution >= 4 is 22.9 Å². The molecule has 1 aromatic heterocycles. The van der Waals surface area contributed by atoms with Gasteiger partial charge in [0.25, 0.3) is 0 Å². The second kappa shape index (κ2) is 4.93. The van der Waals surface area contributed by atoms with Crippen molar-refractivity contribution in [3.8, 4) is 0 Å². The molecule has 74 valence electrons. The molecular weight excluding hydrogens is 206 g/mol. The Morgan fingerprint density at radius 3 is 2.69 bits per heavy atom. The van der Waals surface area contributed by atoms with Gasteiger partial charge in [0.15, 0.2) is 0 Å². The highest BCUT2D eigenvalue weighted by atomic mass is 35.5. The van der Waals surface area contributed by atoms with Crippen molar-refractivity contribution in [3.05, 3.63) is 21.3 Å². The Kier molecular flexibility index (Phi) is 4.15. The Morgan fingerprint density at radius 2 is 2.31 bits per heavy atom. The van der Waals surface area contributed by atoms with E-state index in [1.165, 1.54) is 4.88 Å². The van der Waals surface area contributed by atoms with Crippen LogP contribution in [-0.4, -0.2) is 25.6 Å². The second-order valence-electron chi connectivity index (χ2n) is 2.95. The molecule has 1 aromatic rings. The van der Waals surface area contributed by atoms with Crippen molar-refractivity contribution in [2.45, 2.75) is 6.04 Å². The largest absolute Gasteiger partial charge is 0.329 e. The SMILES string of the molecule is CN(C)NC(CN)c1ccc(Cl)s1. The molecule has 0 aromatic carbocycles. The van der Waals surface area contributed by atoms with Crippen LogP contribution in [0.4, 0.5) is 0 Å². The molecule has 0 radical (unpaired) electrons. The van der Waals surface area contributed by atoms with Gasteiger partial charge >= 0.3 is 0 Å². The third kappa shape index (κ3) is 3.25. The molecule has 0 spiro atoms. The van der Waals surface area contributed by atoms with E-state index < -0.39 is 0 Å². The molecule has 0 amide bonds. The Bertz CT molecular complexity index is 262. The standard InChI is InChI=1S/C8H14ClN3S/c1-12(2)11-6(5-10)7-3-4-8(9)13-7/h3-4,6,11H,5,10H2,1-2H3. The van der Waals surface area contributed by atoms with Crippen LogP contribution in [0.2, 0.25) is 4.34 Å². The normalized spacial score (nSPS) is 13.6. The van der Waals surface area contributed by atoms with Crippen LogP contribution >= 0.6 is 22.9 Å². The topological polar surface area (TPSA) is 41.3 Å². The number of hydrogen-bond donors (Lipinski definition) is 2. The smallest absolute Gasteiger partial charge is 0.0931 e. The first kappa shape index (κ1) is 10.9. The van der Waals surface area contributed by atoms with E-state index in [9.17, 15) is 0 Å². The van der Waals surface area contributed by atoms with Gasteiger partial charge in [0, 0.05) is 25.5 Å². The van der Waals surface area contributed by atoms with E-state index in [2.05, 4.69) is 5.43 Å². The fourth-order valence-electron chi connectivity index (χ4n) is 1.06. The maximum atomic E-state index is 5.83. The fourth-order valence-corrected chi connectivity index (χ4v) is 2.18. The first-order valence-corrected chi connectivity index (χ1v) is 5.21. The van der Waals surface area contributed by atoms with Crippen LogP contribution < -0.4 is 11.2 Å². The second-order valence-corrected chi connectivity index (χ2v) is 4.70. The first-order chi connectivity index (χ1) is 6.13. The number of halogens is 1. The van der Waals surface area contributed by atoms with Gasteiger partial charge in [-0.25, -0.2) is 10.4 Å². The van der Waals surface area contributed by atoms with E-state index >= 15 is 0 Å². The molecule has 1 rings (SSSR count). The van der Waals surface area contributed by atoms with Crippen molar-refractivity contribution in [2.24, 2.45) is 5.73 Å². The number of nitrogens with two attached hydrogens (primary N) is 1. The summed E-state index contributed by atoms with van der Waals surface area (Å²) in [6.45, 7) is 0.565. The lowest BCUT2D eigenvalue weighted by atomic mass is 10.2. The summed E-state index contributed by atoms with van der Waals surface area (Å²) in [6.07, 6.45) is 0. The Labute approximate surface area is 87.5 Å². The Balaban J connectivity index is 2.66. The summed E-state index contributed by atoms with van der Waals surface area (Å²) >= 11 is 7.39. The van der Waals surface area contributed by atoms with Crippen molar-refractivity contribution < 1.29 is 0 Å². The van der Waals surface area contributed by atoms with Crippen molar-refractivity contribution in [2.75, 3.05) is 20.6 Å². The maximum absolute atomic E-state index is 5.83. The molecule has 1 heterocycles. The number of nitrogens with one attached hydrogen (secondary N) is 1. The molecule has 3 nitrogen and oxygen atoms in total. The van der Waals surface area contributed by atoms with Crippen LogP contribution in [0.1, 0.15) is 10.9 Å². The zero-order valence-electron chi connectivity index (χ0n) is 7.75. The molecule has 0 bridgehead atoms. The number of nitrogens with zero attached hydrogens (tertiary/aromatic N) is 1. The molecule has 1 atom stereocenters. The predicted octanol–water partition coefficient (Wildman–Crippen LogP) is 1.47. The zero-order valence-corrected chi connectivity index (χ0v) is 9.32. The maximum Gasteiger partial charge on any atom is 0.0931 e. The average molecular weight is 220 g/mol. The summed E-state index contributed by atoms with van der Waals surface area (Å²) in [5, 5.41) is 1.89. The van der Waals surface area contributed by atoms with Crippen molar-refractivity contribution in [3.63, 3.8) is 0 Å². The van der Waals surface area contributed by atoms with Gasteiger partial charge in [-0.05, 0) is 12.1 Å². The number of hydrazine groups is 1. The van der Waals surface area contributed by atoms with Crippen LogP contribution in [0.3, 0.4) is 0 Å². The lowest BCUT2D eigenvalue weighted by Crippen LogP contribution is -2.37. The summed E-state index contributed by atoms with van der Waals surface area (Å²) in [7, 11) is 3.88. The van der Waals surface area contributed by atoms with E-state index in [4.69, 9.17) is 17.3 Å². The van der Waals surface area contributed by atoms with Gasteiger partial charge in [0.05, 0.1) is 10.4 Å². The molecule has 0 aliphatic carbocycles. The van der Waals surface area contributed by atoms with Gasteiger partial charge in [0.1, 0.15) is 0 Å². The Hall–Kier alpha value is -0.130. The van der Waals surface area contributed by atoms with Crippen LogP contribution in [0.5, 0.6) is 0 Å². The molecule has 5 heteroatoms. The summed E-state index contributed by atoms with van der Waals surface area (Å²) in [4.78, 5) is 1.17. The molecule has 0 fully saturated rings. The van der Waals surface area contributed by atoms with Crippen LogP contribution in [-0.2, 0) is 0 Å². The Morgan fingerprint density at radius 1 is 1.62 bits per heavy atom. The average Bonchev–Trinajstić information content (AvgIpc) is 2.47. The molecule has 0 saturated heterocycles. The number of rotatable bonds is 4. The molecule has 3 N–H and O–H groups in total. The van der Waals surface area contributed by atoms with Gasteiger partial charge in [-0.2, -0.15) is 0 Å².